The van der Waals surface area contributed by atoms with E-state index in [0.717, 1.165) is 19.1 Å². The molecule has 2 rings (SSSR count). The summed E-state index contributed by atoms with van der Waals surface area (Å²) in [6.07, 6.45) is 2.45. The number of rotatable bonds is 7. The van der Waals surface area contributed by atoms with Gasteiger partial charge in [0.05, 0.1) is 7.11 Å². The molecule has 0 saturated heterocycles. The minimum atomic E-state index is 0.185. The van der Waals surface area contributed by atoms with Crippen LogP contribution in [0, 0.1) is 0 Å². The van der Waals surface area contributed by atoms with Crippen LogP contribution in [-0.4, -0.2) is 23.5 Å². The quantitative estimate of drug-likeness (QED) is 0.723. The number of nitrogens with zero attached hydrogens (tertiary/aromatic N) is 2. The Morgan fingerprint density at radius 3 is 2.90 bits per heavy atom. The second kappa shape index (κ2) is 6.70. The molecule has 1 aromatic heterocycles. The van der Waals surface area contributed by atoms with Crippen LogP contribution in [0.1, 0.15) is 35.4 Å². The Labute approximate surface area is 116 Å². The molecule has 0 spiro atoms. The number of carbonyl (C=O) groups excluding carboxylic acids is 1. The van der Waals surface area contributed by atoms with Gasteiger partial charge in [0.1, 0.15) is 6.29 Å². The molecule has 106 valence electrons. The van der Waals surface area contributed by atoms with Crippen LogP contribution < -0.4 is 9.47 Å². The second-order valence-corrected chi connectivity index (χ2v) is 4.17. The Balaban J connectivity index is 2.04. The van der Waals surface area contributed by atoms with E-state index in [2.05, 4.69) is 10.1 Å². The molecule has 0 amide bonds. The third kappa shape index (κ3) is 3.34. The van der Waals surface area contributed by atoms with Crippen LogP contribution in [0.4, 0.5) is 0 Å². The molecule has 0 atom stereocenters. The Kier molecular flexibility index (Phi) is 4.70. The fraction of sp³-hybridized carbons (Fsp3) is 0.357. The standard InChI is InChI=1S/C14H16N2O4/c1-3-4-14-15-13(16-20-14)9-19-11-6-5-10(8-17)7-12(11)18-2/h5-8H,3-4,9H2,1-2H3. The molecule has 1 heterocycles. The molecule has 0 aliphatic carbocycles. The number of aldehydes is 1. The molecule has 6 nitrogen and oxygen atoms in total. The minimum Gasteiger partial charge on any atom is -0.493 e. The zero-order valence-electron chi connectivity index (χ0n) is 11.5. The van der Waals surface area contributed by atoms with E-state index in [1.54, 1.807) is 18.2 Å². The van der Waals surface area contributed by atoms with E-state index in [1.807, 2.05) is 6.92 Å². The lowest BCUT2D eigenvalue weighted by Gasteiger charge is -2.09. The third-order valence-corrected chi connectivity index (χ3v) is 2.65. The molecule has 6 heteroatoms. The molecule has 0 unspecified atom stereocenters. The van der Waals surface area contributed by atoms with E-state index in [1.165, 1.54) is 7.11 Å². The highest BCUT2D eigenvalue weighted by molar-refractivity contribution is 5.76. The van der Waals surface area contributed by atoms with Gasteiger partial charge in [-0.25, -0.2) is 0 Å². The van der Waals surface area contributed by atoms with Crippen molar-refractivity contribution >= 4 is 6.29 Å². The number of hydrogen-bond donors (Lipinski definition) is 0. The van der Waals surface area contributed by atoms with Crippen LogP contribution in [0.25, 0.3) is 0 Å². The maximum Gasteiger partial charge on any atom is 0.226 e. The highest BCUT2D eigenvalue weighted by Crippen LogP contribution is 2.28. The van der Waals surface area contributed by atoms with E-state index in [9.17, 15) is 4.79 Å². The molecule has 0 aliphatic heterocycles. The van der Waals surface area contributed by atoms with Gasteiger partial charge in [-0.1, -0.05) is 12.1 Å². The van der Waals surface area contributed by atoms with Crippen LogP contribution in [0.3, 0.4) is 0 Å². The summed E-state index contributed by atoms with van der Waals surface area (Å²) < 4.78 is 15.8. The van der Waals surface area contributed by atoms with Gasteiger partial charge in [0.25, 0.3) is 0 Å². The summed E-state index contributed by atoms with van der Waals surface area (Å²) in [7, 11) is 1.52. The van der Waals surface area contributed by atoms with Gasteiger partial charge < -0.3 is 14.0 Å². The lowest BCUT2D eigenvalue weighted by molar-refractivity contribution is 0.112. The smallest absolute Gasteiger partial charge is 0.226 e. The first kappa shape index (κ1) is 14.0. The van der Waals surface area contributed by atoms with Crippen molar-refractivity contribution < 1.29 is 18.8 Å². The second-order valence-electron chi connectivity index (χ2n) is 4.17. The molecule has 20 heavy (non-hydrogen) atoms. The van der Waals surface area contributed by atoms with Gasteiger partial charge in [0.2, 0.25) is 11.7 Å². The number of aromatic nitrogens is 2. The molecule has 1 aromatic carbocycles. The van der Waals surface area contributed by atoms with Gasteiger partial charge in [-0.05, 0) is 24.6 Å². The van der Waals surface area contributed by atoms with E-state index in [-0.39, 0.29) is 6.61 Å². The van der Waals surface area contributed by atoms with E-state index in [4.69, 9.17) is 14.0 Å². The first-order chi connectivity index (χ1) is 9.76. The summed E-state index contributed by atoms with van der Waals surface area (Å²) >= 11 is 0. The van der Waals surface area contributed by atoms with Crippen molar-refractivity contribution in [1.82, 2.24) is 10.1 Å². The molecule has 0 saturated carbocycles. The molecular weight excluding hydrogens is 260 g/mol. The largest absolute Gasteiger partial charge is 0.493 e. The normalized spacial score (nSPS) is 10.3. The van der Waals surface area contributed by atoms with Crippen LogP contribution in [-0.2, 0) is 13.0 Å². The van der Waals surface area contributed by atoms with Gasteiger partial charge in [-0.3, -0.25) is 4.79 Å². The van der Waals surface area contributed by atoms with Crippen molar-refractivity contribution in [2.24, 2.45) is 0 Å². The first-order valence-corrected chi connectivity index (χ1v) is 6.34. The van der Waals surface area contributed by atoms with Gasteiger partial charge in [0.15, 0.2) is 18.1 Å². The number of aryl methyl sites for hydroxylation is 1. The first-order valence-electron chi connectivity index (χ1n) is 6.34. The summed E-state index contributed by atoms with van der Waals surface area (Å²) in [5, 5.41) is 3.83. The number of benzene rings is 1. The number of ether oxygens (including phenoxy) is 2. The van der Waals surface area contributed by atoms with Crippen molar-refractivity contribution in [2.45, 2.75) is 26.4 Å². The zero-order valence-corrected chi connectivity index (χ0v) is 11.5. The van der Waals surface area contributed by atoms with Crippen molar-refractivity contribution in [1.29, 1.82) is 0 Å². The van der Waals surface area contributed by atoms with E-state index in [0.29, 0.717) is 28.8 Å². The Morgan fingerprint density at radius 2 is 2.20 bits per heavy atom. The third-order valence-electron chi connectivity index (χ3n) is 2.65. The van der Waals surface area contributed by atoms with Crippen molar-refractivity contribution in [3.05, 3.63) is 35.5 Å². The fourth-order valence-electron chi connectivity index (χ4n) is 1.68. The molecule has 0 N–H and O–H groups in total. The van der Waals surface area contributed by atoms with Crippen LogP contribution in [0.15, 0.2) is 22.7 Å². The van der Waals surface area contributed by atoms with Crippen molar-refractivity contribution in [3.63, 3.8) is 0 Å². The molecular formula is C14H16N2O4. The Bertz CT molecular complexity index is 580. The lowest BCUT2D eigenvalue weighted by Crippen LogP contribution is -2.00. The highest BCUT2D eigenvalue weighted by atomic mass is 16.5. The van der Waals surface area contributed by atoms with E-state index < -0.39 is 0 Å². The van der Waals surface area contributed by atoms with E-state index >= 15 is 0 Å². The summed E-state index contributed by atoms with van der Waals surface area (Å²) in [6.45, 7) is 2.23. The fourth-order valence-corrected chi connectivity index (χ4v) is 1.68. The summed E-state index contributed by atoms with van der Waals surface area (Å²) in [6, 6.07) is 4.94. The average Bonchev–Trinajstić information content (AvgIpc) is 2.93. The van der Waals surface area contributed by atoms with Gasteiger partial charge in [0, 0.05) is 12.0 Å². The Hall–Kier alpha value is -2.37. The monoisotopic (exact) mass is 276 g/mol. The van der Waals surface area contributed by atoms with Crippen molar-refractivity contribution in [2.75, 3.05) is 7.11 Å². The predicted octanol–water partition coefficient (Wildman–Crippen LogP) is 2.42. The highest BCUT2D eigenvalue weighted by Gasteiger charge is 2.09. The molecule has 0 radical (unpaired) electrons. The van der Waals surface area contributed by atoms with Gasteiger partial charge >= 0.3 is 0 Å². The Morgan fingerprint density at radius 1 is 1.35 bits per heavy atom. The maximum atomic E-state index is 10.7. The van der Waals surface area contributed by atoms with Crippen LogP contribution in [0.5, 0.6) is 11.5 Å². The summed E-state index contributed by atoms with van der Waals surface area (Å²) in [5.41, 5.74) is 0.527. The lowest BCUT2D eigenvalue weighted by atomic mass is 10.2. The van der Waals surface area contributed by atoms with Gasteiger partial charge in [-0.15, -0.1) is 0 Å². The predicted molar refractivity (Wildman–Crippen MR) is 71.0 cm³/mol. The SMILES string of the molecule is CCCc1nc(COc2ccc(C=O)cc2OC)no1. The van der Waals surface area contributed by atoms with Crippen LogP contribution in [0.2, 0.25) is 0 Å². The summed E-state index contributed by atoms with van der Waals surface area (Å²) in [4.78, 5) is 14.9. The van der Waals surface area contributed by atoms with Gasteiger partial charge in [-0.2, -0.15) is 4.98 Å². The summed E-state index contributed by atoms with van der Waals surface area (Å²) in [5.74, 6) is 2.11. The number of methoxy groups -OCH3 is 1. The van der Waals surface area contributed by atoms with Crippen LogP contribution >= 0.6 is 0 Å². The number of hydrogen-bond acceptors (Lipinski definition) is 6. The average molecular weight is 276 g/mol. The molecule has 2 aromatic rings. The molecule has 0 fully saturated rings. The molecule has 0 aliphatic rings. The molecule has 0 bridgehead atoms. The number of carbonyl (C=O) groups is 1. The minimum absolute atomic E-state index is 0.185. The van der Waals surface area contributed by atoms with Crippen molar-refractivity contribution in [3.8, 4) is 11.5 Å². The zero-order chi connectivity index (χ0) is 14.4. The topological polar surface area (TPSA) is 74.5 Å². The maximum absolute atomic E-state index is 10.7.